The Bertz CT molecular complexity index is 301. The molecule has 1 rings (SSSR count). The zero-order valence-corrected chi connectivity index (χ0v) is 12.2. The molecule has 3 heteroatoms. The van der Waals surface area contributed by atoms with Crippen LogP contribution in [0.4, 0.5) is 0 Å². The molecule has 0 saturated heterocycles. The van der Waals surface area contributed by atoms with E-state index < -0.39 is 0 Å². The fourth-order valence-corrected chi connectivity index (χ4v) is 1.67. The molecule has 0 aliphatic rings. The average Bonchev–Trinajstić information content (AvgIpc) is 2.42. The van der Waals surface area contributed by atoms with Crippen LogP contribution in [0.1, 0.15) is 25.8 Å². The first-order valence-electron chi connectivity index (χ1n) is 7.19. The van der Waals surface area contributed by atoms with Gasteiger partial charge in [0, 0.05) is 19.8 Å². The van der Waals surface area contributed by atoms with Crippen LogP contribution in [0.5, 0.6) is 0 Å². The van der Waals surface area contributed by atoms with Gasteiger partial charge in [-0.2, -0.15) is 0 Å². The Morgan fingerprint density at radius 3 is 2.47 bits per heavy atom. The van der Waals surface area contributed by atoms with Crippen LogP contribution in [-0.2, 0) is 16.0 Å². The number of hydrogen-bond acceptors (Lipinski definition) is 3. The molecule has 0 heterocycles. The van der Waals surface area contributed by atoms with Crippen molar-refractivity contribution in [1.29, 1.82) is 0 Å². The molecule has 0 aromatic heterocycles. The summed E-state index contributed by atoms with van der Waals surface area (Å²) in [6.45, 7) is 9.24. The van der Waals surface area contributed by atoms with Crippen LogP contribution in [-0.4, -0.2) is 33.0 Å². The highest BCUT2D eigenvalue weighted by molar-refractivity contribution is 5.14. The Kier molecular flexibility index (Phi) is 9.33. The number of nitrogens with one attached hydrogen (secondary N) is 1. The topological polar surface area (TPSA) is 30.5 Å². The molecule has 0 aliphatic heterocycles. The molecule has 0 saturated carbocycles. The molecular weight excluding hydrogens is 238 g/mol. The molecule has 1 N–H and O–H groups in total. The Balaban J connectivity index is 1.81. The number of hydrogen-bond donors (Lipinski definition) is 1. The van der Waals surface area contributed by atoms with Gasteiger partial charge in [-0.1, -0.05) is 44.2 Å². The molecule has 108 valence electrons. The lowest BCUT2D eigenvalue weighted by Crippen LogP contribution is -2.17. The standard InChI is InChI=1S/C16H27NO2/c1-15(2)14-19-12-11-18-10-6-9-17-13-16-7-4-3-5-8-16/h3-5,7-8,15,17H,6,9-14H2,1-2H3. The second kappa shape index (κ2) is 11.0. The predicted octanol–water partition coefficient (Wildman–Crippen LogP) is 2.86. The van der Waals surface area contributed by atoms with Crippen molar-refractivity contribution in [2.24, 2.45) is 5.92 Å². The van der Waals surface area contributed by atoms with Crippen molar-refractivity contribution >= 4 is 0 Å². The molecule has 19 heavy (non-hydrogen) atoms. The van der Waals surface area contributed by atoms with Gasteiger partial charge < -0.3 is 14.8 Å². The molecule has 0 unspecified atom stereocenters. The first-order valence-corrected chi connectivity index (χ1v) is 7.19. The highest BCUT2D eigenvalue weighted by Crippen LogP contribution is 1.97. The second-order valence-electron chi connectivity index (χ2n) is 5.10. The monoisotopic (exact) mass is 265 g/mol. The Labute approximate surface area is 117 Å². The number of ether oxygens (including phenoxy) is 2. The fraction of sp³-hybridized carbons (Fsp3) is 0.625. The van der Waals surface area contributed by atoms with Crippen LogP contribution in [0.15, 0.2) is 30.3 Å². The molecule has 0 fully saturated rings. The van der Waals surface area contributed by atoms with E-state index in [1.807, 2.05) is 6.07 Å². The van der Waals surface area contributed by atoms with Crippen molar-refractivity contribution in [3.05, 3.63) is 35.9 Å². The van der Waals surface area contributed by atoms with Crippen LogP contribution >= 0.6 is 0 Å². The van der Waals surface area contributed by atoms with Crippen LogP contribution in [0.3, 0.4) is 0 Å². The highest BCUT2D eigenvalue weighted by Gasteiger charge is 1.94. The predicted molar refractivity (Wildman–Crippen MR) is 79.2 cm³/mol. The first kappa shape index (κ1) is 16.2. The average molecular weight is 265 g/mol. The lowest BCUT2D eigenvalue weighted by Gasteiger charge is -2.08. The van der Waals surface area contributed by atoms with Crippen LogP contribution in [0, 0.1) is 5.92 Å². The summed E-state index contributed by atoms with van der Waals surface area (Å²) in [5.74, 6) is 0.599. The Morgan fingerprint density at radius 2 is 1.74 bits per heavy atom. The first-order chi connectivity index (χ1) is 9.29. The lowest BCUT2D eigenvalue weighted by molar-refractivity contribution is 0.0371. The SMILES string of the molecule is CC(C)COCCOCCCNCc1ccccc1. The van der Waals surface area contributed by atoms with Gasteiger partial charge in [0.25, 0.3) is 0 Å². The largest absolute Gasteiger partial charge is 0.379 e. The minimum atomic E-state index is 0.599. The maximum atomic E-state index is 5.50. The van der Waals surface area contributed by atoms with Gasteiger partial charge in [-0.05, 0) is 24.4 Å². The second-order valence-corrected chi connectivity index (χ2v) is 5.10. The third-order valence-electron chi connectivity index (χ3n) is 2.64. The molecule has 0 spiro atoms. The summed E-state index contributed by atoms with van der Waals surface area (Å²) in [5.41, 5.74) is 1.32. The molecule has 0 atom stereocenters. The van der Waals surface area contributed by atoms with Gasteiger partial charge in [0.15, 0.2) is 0 Å². The molecule has 3 nitrogen and oxygen atoms in total. The van der Waals surface area contributed by atoms with E-state index in [2.05, 4.69) is 43.4 Å². The van der Waals surface area contributed by atoms with Crippen LogP contribution in [0.2, 0.25) is 0 Å². The van der Waals surface area contributed by atoms with E-state index in [9.17, 15) is 0 Å². The maximum Gasteiger partial charge on any atom is 0.0700 e. The molecule has 0 bridgehead atoms. The van der Waals surface area contributed by atoms with Crippen molar-refractivity contribution in [2.75, 3.05) is 33.0 Å². The van der Waals surface area contributed by atoms with Gasteiger partial charge in [0.2, 0.25) is 0 Å². The van der Waals surface area contributed by atoms with E-state index in [0.717, 1.165) is 32.7 Å². The molecular formula is C16H27NO2. The van der Waals surface area contributed by atoms with Crippen molar-refractivity contribution in [1.82, 2.24) is 5.32 Å². The summed E-state index contributed by atoms with van der Waals surface area (Å²) in [6, 6.07) is 10.4. The van der Waals surface area contributed by atoms with E-state index in [0.29, 0.717) is 19.1 Å². The van der Waals surface area contributed by atoms with Crippen molar-refractivity contribution < 1.29 is 9.47 Å². The Morgan fingerprint density at radius 1 is 1.00 bits per heavy atom. The van der Waals surface area contributed by atoms with Gasteiger partial charge in [-0.25, -0.2) is 0 Å². The zero-order valence-electron chi connectivity index (χ0n) is 12.2. The lowest BCUT2D eigenvalue weighted by atomic mass is 10.2. The summed E-state index contributed by atoms with van der Waals surface area (Å²) >= 11 is 0. The number of rotatable bonds is 11. The molecule has 1 aromatic carbocycles. The summed E-state index contributed by atoms with van der Waals surface area (Å²) < 4.78 is 10.9. The van der Waals surface area contributed by atoms with Crippen molar-refractivity contribution in [3.63, 3.8) is 0 Å². The van der Waals surface area contributed by atoms with Crippen LogP contribution < -0.4 is 5.32 Å². The minimum absolute atomic E-state index is 0.599. The summed E-state index contributed by atoms with van der Waals surface area (Å²) in [4.78, 5) is 0. The van der Waals surface area contributed by atoms with Gasteiger partial charge in [0.1, 0.15) is 0 Å². The van der Waals surface area contributed by atoms with Gasteiger partial charge in [0.05, 0.1) is 13.2 Å². The minimum Gasteiger partial charge on any atom is -0.379 e. The van der Waals surface area contributed by atoms with E-state index >= 15 is 0 Å². The highest BCUT2D eigenvalue weighted by atomic mass is 16.5. The zero-order chi connectivity index (χ0) is 13.8. The van der Waals surface area contributed by atoms with E-state index in [1.54, 1.807) is 0 Å². The van der Waals surface area contributed by atoms with Crippen molar-refractivity contribution in [3.8, 4) is 0 Å². The van der Waals surface area contributed by atoms with Crippen molar-refractivity contribution in [2.45, 2.75) is 26.8 Å². The maximum absolute atomic E-state index is 5.50. The smallest absolute Gasteiger partial charge is 0.0700 e. The van der Waals surface area contributed by atoms with Gasteiger partial charge >= 0.3 is 0 Å². The Hall–Kier alpha value is -0.900. The van der Waals surface area contributed by atoms with E-state index in [1.165, 1.54) is 5.56 Å². The van der Waals surface area contributed by atoms with Gasteiger partial charge in [-0.15, -0.1) is 0 Å². The molecule has 0 radical (unpaired) electrons. The number of benzene rings is 1. The van der Waals surface area contributed by atoms with Crippen LogP contribution in [0.25, 0.3) is 0 Å². The quantitative estimate of drug-likeness (QED) is 0.624. The fourth-order valence-electron chi connectivity index (χ4n) is 1.67. The van der Waals surface area contributed by atoms with Gasteiger partial charge in [-0.3, -0.25) is 0 Å². The molecule has 0 amide bonds. The van der Waals surface area contributed by atoms with E-state index in [-0.39, 0.29) is 0 Å². The molecule has 1 aromatic rings. The molecule has 0 aliphatic carbocycles. The summed E-state index contributed by atoms with van der Waals surface area (Å²) in [7, 11) is 0. The summed E-state index contributed by atoms with van der Waals surface area (Å²) in [5, 5.41) is 3.41. The summed E-state index contributed by atoms with van der Waals surface area (Å²) in [6.07, 6.45) is 1.04. The normalized spacial score (nSPS) is 11.1. The third-order valence-corrected chi connectivity index (χ3v) is 2.64. The third kappa shape index (κ3) is 9.65. The van der Waals surface area contributed by atoms with E-state index in [4.69, 9.17) is 9.47 Å².